The second-order valence-electron chi connectivity index (χ2n) is 4.16. The van der Waals surface area contributed by atoms with Crippen LogP contribution in [0, 0.1) is 12.3 Å². The Morgan fingerprint density at radius 3 is 2.65 bits per heavy atom. The third-order valence-electron chi connectivity index (χ3n) is 2.84. The van der Waals surface area contributed by atoms with E-state index in [0.29, 0.717) is 5.69 Å². The van der Waals surface area contributed by atoms with Crippen LogP contribution in [0.2, 0.25) is 0 Å². The van der Waals surface area contributed by atoms with E-state index in [1.807, 2.05) is 13.0 Å². The van der Waals surface area contributed by atoms with Gasteiger partial charge in [0.05, 0.1) is 0 Å². The first-order chi connectivity index (χ1) is 7.91. The first kappa shape index (κ1) is 13.2. The van der Waals surface area contributed by atoms with Crippen LogP contribution in [0.5, 0.6) is 0 Å². The summed E-state index contributed by atoms with van der Waals surface area (Å²) < 4.78 is 0. The number of nitrogens with one attached hydrogen (secondary N) is 1. The molecule has 92 valence electrons. The lowest BCUT2D eigenvalue weighted by molar-refractivity contribution is -0.154. The molecular weight excluding hydrogens is 220 g/mol. The van der Waals surface area contributed by atoms with E-state index < -0.39 is 17.3 Å². The fraction of sp³-hybridized carbons (Fsp3) is 0.417. The maximum atomic E-state index is 11.7. The molecule has 0 spiro atoms. The number of aromatic nitrogens is 1. The largest absolute Gasteiger partial charge is 0.480 e. The highest BCUT2D eigenvalue weighted by molar-refractivity contribution is 6.01. The molecule has 5 nitrogen and oxygen atoms in total. The van der Waals surface area contributed by atoms with Crippen molar-refractivity contribution >= 4 is 11.9 Å². The van der Waals surface area contributed by atoms with Gasteiger partial charge in [0.25, 0.3) is 0 Å². The smallest absolute Gasteiger partial charge is 0.319 e. The molecule has 0 aliphatic carbocycles. The molecule has 0 radical (unpaired) electrons. The highest BCUT2D eigenvalue weighted by atomic mass is 16.4. The van der Waals surface area contributed by atoms with Crippen LogP contribution in [-0.4, -0.2) is 29.0 Å². The van der Waals surface area contributed by atoms with Gasteiger partial charge in [-0.1, -0.05) is 6.07 Å². The molecule has 0 saturated carbocycles. The summed E-state index contributed by atoms with van der Waals surface area (Å²) in [5.74, 6) is -1.67. The standard InChI is InChI=1S/C12H16N2O3/c1-8-5-4-6-14-9(8)7-12(2,11(16)17)10(15)13-3/h4-6H,7H2,1-3H3,(H,13,15)(H,16,17). The molecular formula is C12H16N2O3. The van der Waals surface area contributed by atoms with Crippen LogP contribution in [0.15, 0.2) is 18.3 Å². The number of rotatable bonds is 4. The SMILES string of the molecule is CNC(=O)C(C)(Cc1ncccc1C)C(=O)O. The van der Waals surface area contributed by atoms with Crippen molar-refractivity contribution in [1.82, 2.24) is 10.3 Å². The third kappa shape index (κ3) is 2.61. The van der Waals surface area contributed by atoms with E-state index in [1.54, 1.807) is 12.3 Å². The van der Waals surface area contributed by atoms with Gasteiger partial charge in [-0.15, -0.1) is 0 Å². The van der Waals surface area contributed by atoms with Crippen LogP contribution in [0.3, 0.4) is 0 Å². The van der Waals surface area contributed by atoms with Gasteiger partial charge in [-0.3, -0.25) is 14.6 Å². The van der Waals surface area contributed by atoms with Gasteiger partial charge in [-0.25, -0.2) is 0 Å². The summed E-state index contributed by atoms with van der Waals surface area (Å²) in [5, 5.41) is 11.6. The quantitative estimate of drug-likeness (QED) is 0.757. The minimum atomic E-state index is -1.49. The van der Waals surface area contributed by atoms with Gasteiger partial charge < -0.3 is 10.4 Å². The van der Waals surface area contributed by atoms with Crippen LogP contribution < -0.4 is 5.32 Å². The van der Waals surface area contributed by atoms with Crippen molar-refractivity contribution < 1.29 is 14.7 Å². The van der Waals surface area contributed by atoms with Crippen molar-refractivity contribution in [2.45, 2.75) is 20.3 Å². The molecule has 0 saturated heterocycles. The number of carbonyl (C=O) groups is 2. The highest BCUT2D eigenvalue weighted by Gasteiger charge is 2.41. The van der Waals surface area contributed by atoms with Gasteiger partial charge in [0, 0.05) is 25.4 Å². The number of carboxylic acid groups (broad SMARTS) is 1. The van der Waals surface area contributed by atoms with Crippen LogP contribution in [-0.2, 0) is 16.0 Å². The van der Waals surface area contributed by atoms with E-state index in [9.17, 15) is 14.7 Å². The zero-order valence-corrected chi connectivity index (χ0v) is 10.2. The van der Waals surface area contributed by atoms with Crippen molar-refractivity contribution in [3.05, 3.63) is 29.6 Å². The second kappa shape index (κ2) is 4.95. The third-order valence-corrected chi connectivity index (χ3v) is 2.84. The van der Waals surface area contributed by atoms with Crippen LogP contribution in [0.25, 0.3) is 0 Å². The molecule has 1 aromatic heterocycles. The summed E-state index contributed by atoms with van der Waals surface area (Å²) in [4.78, 5) is 27.0. The molecule has 5 heteroatoms. The number of aliphatic carboxylic acids is 1. The van der Waals surface area contributed by atoms with Gasteiger partial charge in [-0.2, -0.15) is 0 Å². The van der Waals surface area contributed by atoms with Crippen molar-refractivity contribution in [2.75, 3.05) is 7.05 Å². The summed E-state index contributed by atoms with van der Waals surface area (Å²) >= 11 is 0. The van der Waals surface area contributed by atoms with Crippen molar-refractivity contribution in [3.63, 3.8) is 0 Å². The maximum absolute atomic E-state index is 11.7. The zero-order valence-electron chi connectivity index (χ0n) is 10.2. The van der Waals surface area contributed by atoms with Crippen molar-refractivity contribution in [1.29, 1.82) is 0 Å². The molecule has 1 atom stereocenters. The number of hydrogen-bond acceptors (Lipinski definition) is 3. The monoisotopic (exact) mass is 236 g/mol. The first-order valence-corrected chi connectivity index (χ1v) is 5.28. The molecule has 0 aliphatic heterocycles. The van der Waals surface area contributed by atoms with E-state index in [1.165, 1.54) is 14.0 Å². The summed E-state index contributed by atoms with van der Waals surface area (Å²) in [7, 11) is 1.43. The lowest BCUT2D eigenvalue weighted by Crippen LogP contribution is -2.45. The number of carbonyl (C=O) groups excluding carboxylic acids is 1. The Balaban J connectivity index is 3.08. The number of nitrogens with zero attached hydrogens (tertiary/aromatic N) is 1. The van der Waals surface area contributed by atoms with Gasteiger partial charge in [0.2, 0.25) is 5.91 Å². The molecule has 1 rings (SSSR count). The fourth-order valence-electron chi connectivity index (χ4n) is 1.57. The van der Waals surface area contributed by atoms with E-state index >= 15 is 0 Å². The summed E-state index contributed by atoms with van der Waals surface area (Å²) in [6.07, 6.45) is 1.67. The summed E-state index contributed by atoms with van der Waals surface area (Å²) in [5.41, 5.74) is 0.0123. The lowest BCUT2D eigenvalue weighted by atomic mass is 9.83. The normalized spacial score (nSPS) is 13.8. The van der Waals surface area contributed by atoms with E-state index in [0.717, 1.165) is 5.56 Å². The van der Waals surface area contributed by atoms with Crippen LogP contribution >= 0.6 is 0 Å². The van der Waals surface area contributed by atoms with Gasteiger partial charge in [-0.05, 0) is 25.5 Å². The Hall–Kier alpha value is -1.91. The molecule has 0 aromatic carbocycles. The van der Waals surface area contributed by atoms with Crippen molar-refractivity contribution in [2.24, 2.45) is 5.41 Å². The summed E-state index contributed by atoms with van der Waals surface area (Å²) in [6.45, 7) is 3.25. The minimum absolute atomic E-state index is 0.0781. The predicted molar refractivity (Wildman–Crippen MR) is 62.5 cm³/mol. The fourth-order valence-corrected chi connectivity index (χ4v) is 1.57. The molecule has 2 N–H and O–H groups in total. The Labute approximate surface area is 99.9 Å². The lowest BCUT2D eigenvalue weighted by Gasteiger charge is -2.22. The zero-order chi connectivity index (χ0) is 13.1. The molecule has 1 heterocycles. The van der Waals surface area contributed by atoms with E-state index in [4.69, 9.17) is 0 Å². The predicted octanol–water partition coefficient (Wildman–Crippen LogP) is 0.769. The Bertz CT molecular complexity index is 445. The van der Waals surface area contributed by atoms with E-state index in [-0.39, 0.29) is 6.42 Å². The maximum Gasteiger partial charge on any atom is 0.319 e. The molecule has 0 bridgehead atoms. The number of pyridine rings is 1. The molecule has 1 unspecified atom stereocenters. The van der Waals surface area contributed by atoms with Gasteiger partial charge >= 0.3 is 5.97 Å². The topological polar surface area (TPSA) is 79.3 Å². The van der Waals surface area contributed by atoms with E-state index in [2.05, 4.69) is 10.3 Å². The number of hydrogen-bond donors (Lipinski definition) is 2. The molecule has 1 amide bonds. The molecule has 0 aliphatic rings. The number of aryl methyl sites for hydroxylation is 1. The summed E-state index contributed by atoms with van der Waals surface area (Å²) in [6, 6.07) is 3.62. The average molecular weight is 236 g/mol. The Morgan fingerprint density at radius 1 is 1.53 bits per heavy atom. The second-order valence-corrected chi connectivity index (χ2v) is 4.16. The molecule has 1 aromatic rings. The van der Waals surface area contributed by atoms with Crippen LogP contribution in [0.1, 0.15) is 18.2 Å². The highest BCUT2D eigenvalue weighted by Crippen LogP contribution is 2.23. The van der Waals surface area contributed by atoms with Gasteiger partial charge in [0.15, 0.2) is 0 Å². The number of amides is 1. The minimum Gasteiger partial charge on any atom is -0.480 e. The number of carboxylic acids is 1. The Morgan fingerprint density at radius 2 is 2.18 bits per heavy atom. The average Bonchev–Trinajstić information content (AvgIpc) is 2.30. The molecule has 17 heavy (non-hydrogen) atoms. The first-order valence-electron chi connectivity index (χ1n) is 5.28. The Kier molecular flexibility index (Phi) is 3.83. The van der Waals surface area contributed by atoms with Gasteiger partial charge in [0.1, 0.15) is 5.41 Å². The molecule has 0 fully saturated rings. The van der Waals surface area contributed by atoms with Crippen molar-refractivity contribution in [3.8, 4) is 0 Å². The van der Waals surface area contributed by atoms with Crippen LogP contribution in [0.4, 0.5) is 0 Å².